The Morgan fingerprint density at radius 1 is 1.24 bits per heavy atom. The lowest BCUT2D eigenvalue weighted by Crippen LogP contribution is -2.54. The van der Waals surface area contributed by atoms with Crippen LogP contribution in [0.2, 0.25) is 0 Å². The standard InChI is InChI=1S/C13H14O4/c1-8-3-4-10(5-9(8)2)11(14)13(12(15)16)6-17-7-13/h3-5H,6-7H2,1-2H3,(H,15,16). The lowest BCUT2D eigenvalue weighted by molar-refractivity contribution is -0.168. The monoisotopic (exact) mass is 234 g/mol. The molecule has 0 amide bonds. The van der Waals surface area contributed by atoms with Gasteiger partial charge in [0.25, 0.3) is 0 Å². The third kappa shape index (κ3) is 1.74. The van der Waals surface area contributed by atoms with E-state index in [1.807, 2.05) is 19.9 Å². The van der Waals surface area contributed by atoms with Crippen LogP contribution in [0.5, 0.6) is 0 Å². The van der Waals surface area contributed by atoms with E-state index in [4.69, 9.17) is 9.84 Å². The number of hydrogen-bond acceptors (Lipinski definition) is 3. The Hall–Kier alpha value is -1.68. The number of carbonyl (C=O) groups excluding carboxylic acids is 1. The van der Waals surface area contributed by atoms with Gasteiger partial charge in [-0.2, -0.15) is 0 Å². The molecule has 1 heterocycles. The molecular weight excluding hydrogens is 220 g/mol. The number of carboxylic acids is 1. The van der Waals surface area contributed by atoms with Gasteiger partial charge in [0.05, 0.1) is 13.2 Å². The van der Waals surface area contributed by atoms with E-state index < -0.39 is 11.4 Å². The van der Waals surface area contributed by atoms with Gasteiger partial charge in [0.1, 0.15) is 0 Å². The maximum atomic E-state index is 12.2. The molecule has 0 radical (unpaired) electrons. The first kappa shape index (κ1) is 11.8. The summed E-state index contributed by atoms with van der Waals surface area (Å²) >= 11 is 0. The zero-order valence-corrected chi connectivity index (χ0v) is 9.82. The van der Waals surface area contributed by atoms with Crippen molar-refractivity contribution in [3.63, 3.8) is 0 Å². The number of aryl methyl sites for hydroxylation is 2. The molecule has 2 rings (SSSR count). The Morgan fingerprint density at radius 2 is 1.88 bits per heavy atom. The molecule has 4 nitrogen and oxygen atoms in total. The van der Waals surface area contributed by atoms with Crippen LogP contribution in [0.15, 0.2) is 18.2 Å². The summed E-state index contributed by atoms with van der Waals surface area (Å²) in [4.78, 5) is 23.4. The topological polar surface area (TPSA) is 63.6 Å². The first-order valence-electron chi connectivity index (χ1n) is 5.40. The van der Waals surface area contributed by atoms with Crippen molar-refractivity contribution in [1.82, 2.24) is 0 Å². The van der Waals surface area contributed by atoms with Crippen LogP contribution in [0.25, 0.3) is 0 Å². The minimum Gasteiger partial charge on any atom is -0.480 e. The van der Waals surface area contributed by atoms with Crippen LogP contribution in [-0.4, -0.2) is 30.1 Å². The van der Waals surface area contributed by atoms with Gasteiger partial charge in [-0.1, -0.05) is 12.1 Å². The first-order valence-corrected chi connectivity index (χ1v) is 5.40. The molecule has 1 N–H and O–H groups in total. The van der Waals surface area contributed by atoms with Gasteiger partial charge in [-0.05, 0) is 31.0 Å². The van der Waals surface area contributed by atoms with Crippen LogP contribution in [0.1, 0.15) is 21.5 Å². The zero-order valence-electron chi connectivity index (χ0n) is 9.82. The summed E-state index contributed by atoms with van der Waals surface area (Å²) in [6, 6.07) is 5.24. The summed E-state index contributed by atoms with van der Waals surface area (Å²) in [5.41, 5.74) is 1.13. The van der Waals surface area contributed by atoms with Crippen LogP contribution < -0.4 is 0 Å². The van der Waals surface area contributed by atoms with Crippen molar-refractivity contribution in [1.29, 1.82) is 0 Å². The molecular formula is C13H14O4. The van der Waals surface area contributed by atoms with Gasteiger partial charge in [-0.15, -0.1) is 0 Å². The highest BCUT2D eigenvalue weighted by atomic mass is 16.5. The number of carboxylic acid groups (broad SMARTS) is 1. The number of ether oxygens (including phenoxy) is 1. The Morgan fingerprint density at radius 3 is 2.29 bits per heavy atom. The highest BCUT2D eigenvalue weighted by Gasteiger charge is 2.53. The maximum absolute atomic E-state index is 12.2. The predicted molar refractivity (Wildman–Crippen MR) is 61.1 cm³/mol. The molecule has 17 heavy (non-hydrogen) atoms. The van der Waals surface area contributed by atoms with Gasteiger partial charge in [-0.25, -0.2) is 0 Å². The van der Waals surface area contributed by atoms with E-state index in [1.54, 1.807) is 12.1 Å². The number of benzene rings is 1. The largest absolute Gasteiger partial charge is 0.480 e. The summed E-state index contributed by atoms with van der Waals surface area (Å²) in [7, 11) is 0. The number of ketones is 1. The molecule has 1 aliphatic rings. The Kier molecular flexibility index (Phi) is 2.75. The fourth-order valence-corrected chi connectivity index (χ4v) is 1.82. The van der Waals surface area contributed by atoms with E-state index >= 15 is 0 Å². The number of Topliss-reactive ketones (excluding diaryl/α,β-unsaturated/α-hetero) is 1. The zero-order chi connectivity index (χ0) is 12.6. The molecule has 4 heteroatoms. The third-order valence-corrected chi connectivity index (χ3v) is 3.31. The van der Waals surface area contributed by atoms with Gasteiger partial charge in [0, 0.05) is 5.56 Å². The predicted octanol–water partition coefficient (Wildman–Crippen LogP) is 1.59. The molecule has 1 saturated heterocycles. The number of hydrogen-bond donors (Lipinski definition) is 1. The summed E-state index contributed by atoms with van der Waals surface area (Å²) in [5.74, 6) is -1.47. The molecule has 1 fully saturated rings. The van der Waals surface area contributed by atoms with Gasteiger partial charge in [0.15, 0.2) is 11.2 Å². The summed E-state index contributed by atoms with van der Waals surface area (Å²) in [6.07, 6.45) is 0. The van der Waals surface area contributed by atoms with E-state index in [0.29, 0.717) is 5.56 Å². The van der Waals surface area contributed by atoms with Crippen LogP contribution in [-0.2, 0) is 9.53 Å². The van der Waals surface area contributed by atoms with Gasteiger partial charge in [-0.3, -0.25) is 9.59 Å². The normalized spacial score (nSPS) is 17.3. The second kappa shape index (κ2) is 3.96. The van der Waals surface area contributed by atoms with Gasteiger partial charge in [0.2, 0.25) is 0 Å². The van der Waals surface area contributed by atoms with E-state index in [0.717, 1.165) is 11.1 Å². The smallest absolute Gasteiger partial charge is 0.322 e. The molecule has 1 aromatic rings. The second-order valence-electron chi connectivity index (χ2n) is 4.51. The van der Waals surface area contributed by atoms with E-state index in [-0.39, 0.29) is 19.0 Å². The lowest BCUT2D eigenvalue weighted by atomic mass is 9.78. The van der Waals surface area contributed by atoms with Crippen molar-refractivity contribution in [3.8, 4) is 0 Å². The third-order valence-electron chi connectivity index (χ3n) is 3.31. The average molecular weight is 234 g/mol. The van der Waals surface area contributed by atoms with Crippen LogP contribution in [0.3, 0.4) is 0 Å². The molecule has 0 atom stereocenters. The summed E-state index contributed by atoms with van der Waals surface area (Å²) < 4.78 is 4.89. The maximum Gasteiger partial charge on any atom is 0.322 e. The molecule has 1 aromatic carbocycles. The second-order valence-corrected chi connectivity index (χ2v) is 4.51. The molecule has 0 spiro atoms. The quantitative estimate of drug-likeness (QED) is 0.637. The van der Waals surface area contributed by atoms with Crippen molar-refractivity contribution in [2.75, 3.05) is 13.2 Å². The van der Waals surface area contributed by atoms with Crippen LogP contribution in [0, 0.1) is 19.3 Å². The van der Waals surface area contributed by atoms with Crippen molar-refractivity contribution in [2.45, 2.75) is 13.8 Å². The molecule has 0 saturated carbocycles. The van der Waals surface area contributed by atoms with Crippen LogP contribution in [0.4, 0.5) is 0 Å². The fraction of sp³-hybridized carbons (Fsp3) is 0.385. The SMILES string of the molecule is Cc1ccc(C(=O)C2(C(=O)O)COC2)cc1C. The number of rotatable bonds is 3. The van der Waals surface area contributed by atoms with Crippen molar-refractivity contribution < 1.29 is 19.4 Å². The fourth-order valence-electron chi connectivity index (χ4n) is 1.82. The average Bonchev–Trinajstić information content (AvgIpc) is 2.19. The Labute approximate surface area is 99.2 Å². The number of aliphatic carboxylic acids is 1. The number of carbonyl (C=O) groups is 2. The van der Waals surface area contributed by atoms with Crippen molar-refractivity contribution >= 4 is 11.8 Å². The molecule has 0 unspecified atom stereocenters. The minimum atomic E-state index is -1.37. The lowest BCUT2D eigenvalue weighted by Gasteiger charge is -2.35. The van der Waals surface area contributed by atoms with Crippen LogP contribution >= 0.6 is 0 Å². The van der Waals surface area contributed by atoms with E-state index in [9.17, 15) is 9.59 Å². The van der Waals surface area contributed by atoms with Crippen molar-refractivity contribution in [2.24, 2.45) is 5.41 Å². The van der Waals surface area contributed by atoms with Gasteiger partial charge >= 0.3 is 5.97 Å². The van der Waals surface area contributed by atoms with Gasteiger partial charge < -0.3 is 9.84 Å². The Bertz CT molecular complexity index is 486. The van der Waals surface area contributed by atoms with E-state index in [2.05, 4.69) is 0 Å². The highest BCUT2D eigenvalue weighted by Crippen LogP contribution is 2.32. The summed E-state index contributed by atoms with van der Waals surface area (Å²) in [5, 5.41) is 9.14. The molecule has 1 aliphatic heterocycles. The summed E-state index contributed by atoms with van der Waals surface area (Å²) in [6.45, 7) is 3.78. The van der Waals surface area contributed by atoms with Crippen molar-refractivity contribution in [3.05, 3.63) is 34.9 Å². The molecule has 0 aromatic heterocycles. The first-order chi connectivity index (χ1) is 7.97. The Balaban J connectivity index is 2.36. The molecule has 90 valence electrons. The molecule has 0 aliphatic carbocycles. The molecule has 0 bridgehead atoms. The highest BCUT2D eigenvalue weighted by molar-refractivity contribution is 6.13. The minimum absolute atomic E-state index is 0.0336. The van der Waals surface area contributed by atoms with E-state index in [1.165, 1.54) is 0 Å².